The van der Waals surface area contributed by atoms with Crippen LogP contribution in [0.5, 0.6) is 5.75 Å². The molecule has 0 atom stereocenters. The van der Waals surface area contributed by atoms with Gasteiger partial charge in [0.25, 0.3) is 11.6 Å². The van der Waals surface area contributed by atoms with Crippen LogP contribution in [0.1, 0.15) is 15.9 Å². The average Bonchev–Trinajstić information content (AvgIpc) is 2.40. The molecule has 0 spiro atoms. The lowest BCUT2D eigenvalue weighted by atomic mass is 10.1. The monoisotopic (exact) mass is 290 g/mol. The van der Waals surface area contributed by atoms with Gasteiger partial charge in [-0.2, -0.15) is 0 Å². The van der Waals surface area contributed by atoms with Gasteiger partial charge in [-0.05, 0) is 36.8 Å². The molecule has 2 aromatic rings. The maximum absolute atomic E-state index is 13.7. The van der Waals surface area contributed by atoms with E-state index in [-0.39, 0.29) is 17.0 Å². The number of hydrogen-bond acceptors (Lipinski definition) is 4. The molecule has 0 aliphatic rings. The van der Waals surface area contributed by atoms with E-state index in [1.54, 1.807) is 13.0 Å². The van der Waals surface area contributed by atoms with Crippen LogP contribution in [0.4, 0.5) is 15.8 Å². The van der Waals surface area contributed by atoms with Gasteiger partial charge >= 0.3 is 0 Å². The van der Waals surface area contributed by atoms with Gasteiger partial charge in [0.2, 0.25) is 0 Å². The first-order chi connectivity index (χ1) is 9.88. The van der Waals surface area contributed by atoms with Crippen LogP contribution in [0.3, 0.4) is 0 Å². The molecule has 21 heavy (non-hydrogen) atoms. The van der Waals surface area contributed by atoms with Crippen molar-refractivity contribution >= 4 is 17.3 Å². The van der Waals surface area contributed by atoms with Gasteiger partial charge in [-0.1, -0.05) is 6.07 Å². The molecule has 2 rings (SSSR count). The second-order valence-corrected chi connectivity index (χ2v) is 4.40. The summed E-state index contributed by atoms with van der Waals surface area (Å²) in [6.07, 6.45) is 0. The summed E-state index contributed by atoms with van der Waals surface area (Å²) in [5.41, 5.74) is -0.165. The minimum absolute atomic E-state index is 0.122. The number of nitro benzene ring substituents is 1. The van der Waals surface area contributed by atoms with Gasteiger partial charge in [-0.15, -0.1) is 0 Å². The smallest absolute Gasteiger partial charge is 0.296 e. The van der Waals surface area contributed by atoms with Crippen LogP contribution in [0.25, 0.3) is 0 Å². The van der Waals surface area contributed by atoms with Crippen molar-refractivity contribution < 1.29 is 19.2 Å². The van der Waals surface area contributed by atoms with Crippen molar-refractivity contribution in [3.63, 3.8) is 0 Å². The Morgan fingerprint density at radius 1 is 1.29 bits per heavy atom. The van der Waals surface area contributed by atoms with Crippen LogP contribution in [0, 0.1) is 22.9 Å². The Morgan fingerprint density at radius 2 is 2.00 bits per heavy atom. The Hall–Kier alpha value is -2.96. The standard InChI is InChI=1S/C14H11FN2O4/c1-8-2-4-10(11(15)6-8)14(19)16-12-5-3-9(18)7-13(12)17(20)21/h2-7,18H,1H3,(H,16,19). The van der Waals surface area contributed by atoms with Crippen molar-refractivity contribution in [1.29, 1.82) is 0 Å². The molecule has 0 aromatic heterocycles. The van der Waals surface area contributed by atoms with Crippen LogP contribution < -0.4 is 5.32 Å². The van der Waals surface area contributed by atoms with Gasteiger partial charge in [0.05, 0.1) is 16.6 Å². The Bertz CT molecular complexity index is 731. The zero-order valence-corrected chi connectivity index (χ0v) is 11.0. The molecule has 0 radical (unpaired) electrons. The SMILES string of the molecule is Cc1ccc(C(=O)Nc2ccc(O)cc2[N+](=O)[O-])c(F)c1. The van der Waals surface area contributed by atoms with Crippen LogP contribution in [-0.2, 0) is 0 Å². The van der Waals surface area contributed by atoms with Gasteiger partial charge in [-0.25, -0.2) is 4.39 Å². The Labute approximate surface area is 119 Å². The summed E-state index contributed by atoms with van der Waals surface area (Å²) in [5, 5.41) is 22.4. The van der Waals surface area contributed by atoms with E-state index in [1.807, 2.05) is 0 Å². The molecule has 0 bridgehead atoms. The minimum atomic E-state index is -0.804. The van der Waals surface area contributed by atoms with E-state index in [1.165, 1.54) is 24.3 Å². The van der Waals surface area contributed by atoms with Crippen molar-refractivity contribution in [2.45, 2.75) is 6.92 Å². The summed E-state index contributed by atoms with van der Waals surface area (Å²) >= 11 is 0. The predicted molar refractivity (Wildman–Crippen MR) is 73.9 cm³/mol. The fraction of sp³-hybridized carbons (Fsp3) is 0.0714. The van der Waals surface area contributed by atoms with Crippen molar-refractivity contribution in [2.75, 3.05) is 5.32 Å². The summed E-state index contributed by atoms with van der Waals surface area (Å²) in [6.45, 7) is 1.68. The zero-order valence-electron chi connectivity index (χ0n) is 11.0. The molecule has 6 nitrogen and oxygen atoms in total. The highest BCUT2D eigenvalue weighted by Crippen LogP contribution is 2.28. The number of carbonyl (C=O) groups excluding carboxylic acids is 1. The van der Waals surface area contributed by atoms with Gasteiger partial charge in [0, 0.05) is 0 Å². The van der Waals surface area contributed by atoms with Gasteiger partial charge in [-0.3, -0.25) is 14.9 Å². The summed E-state index contributed by atoms with van der Waals surface area (Å²) < 4.78 is 13.7. The second-order valence-electron chi connectivity index (χ2n) is 4.40. The normalized spacial score (nSPS) is 10.2. The molecule has 0 aliphatic heterocycles. The van der Waals surface area contributed by atoms with Crippen LogP contribution in [-0.4, -0.2) is 15.9 Å². The summed E-state index contributed by atoms with van der Waals surface area (Å²) in [6, 6.07) is 7.32. The molecular weight excluding hydrogens is 279 g/mol. The molecule has 1 amide bonds. The number of rotatable bonds is 3. The minimum Gasteiger partial charge on any atom is -0.508 e. The number of carbonyl (C=O) groups is 1. The Morgan fingerprint density at radius 3 is 2.62 bits per heavy atom. The number of anilines is 1. The average molecular weight is 290 g/mol. The quantitative estimate of drug-likeness (QED) is 0.516. The van der Waals surface area contributed by atoms with E-state index in [2.05, 4.69) is 5.32 Å². The van der Waals surface area contributed by atoms with E-state index in [0.717, 1.165) is 6.07 Å². The van der Waals surface area contributed by atoms with Crippen LogP contribution in [0.2, 0.25) is 0 Å². The van der Waals surface area contributed by atoms with Gasteiger partial charge in [0.15, 0.2) is 0 Å². The molecular formula is C14H11FN2O4. The lowest BCUT2D eigenvalue weighted by molar-refractivity contribution is -0.384. The number of phenolic OH excluding ortho intramolecular Hbond substituents is 1. The number of hydrogen-bond donors (Lipinski definition) is 2. The topological polar surface area (TPSA) is 92.5 Å². The largest absolute Gasteiger partial charge is 0.508 e. The third-order valence-corrected chi connectivity index (χ3v) is 2.80. The summed E-state index contributed by atoms with van der Waals surface area (Å²) in [7, 11) is 0. The molecule has 0 aliphatic carbocycles. The third-order valence-electron chi connectivity index (χ3n) is 2.80. The highest BCUT2D eigenvalue weighted by molar-refractivity contribution is 6.05. The molecule has 0 unspecified atom stereocenters. The maximum atomic E-state index is 13.7. The first-order valence-corrected chi connectivity index (χ1v) is 5.93. The lowest BCUT2D eigenvalue weighted by Crippen LogP contribution is -2.14. The number of nitrogens with one attached hydrogen (secondary N) is 1. The predicted octanol–water partition coefficient (Wildman–Crippen LogP) is 3.00. The number of aromatic hydroxyl groups is 1. The number of benzene rings is 2. The lowest BCUT2D eigenvalue weighted by Gasteiger charge is -2.07. The molecule has 0 fully saturated rings. The summed E-state index contributed by atoms with van der Waals surface area (Å²) in [5.74, 6) is -1.82. The number of amides is 1. The Kier molecular flexibility index (Phi) is 3.84. The van der Waals surface area contributed by atoms with E-state index in [9.17, 15) is 24.4 Å². The molecule has 0 saturated heterocycles. The number of halogens is 1. The molecule has 7 heteroatoms. The van der Waals surface area contributed by atoms with Crippen LogP contribution in [0.15, 0.2) is 36.4 Å². The highest BCUT2D eigenvalue weighted by atomic mass is 19.1. The van der Waals surface area contributed by atoms with Crippen LogP contribution >= 0.6 is 0 Å². The molecule has 0 heterocycles. The van der Waals surface area contributed by atoms with Crippen molar-refractivity contribution in [3.8, 4) is 5.75 Å². The first kappa shape index (κ1) is 14.4. The zero-order chi connectivity index (χ0) is 15.6. The Balaban J connectivity index is 2.34. The molecule has 2 N–H and O–H groups in total. The van der Waals surface area contributed by atoms with Gasteiger partial charge in [0.1, 0.15) is 17.3 Å². The first-order valence-electron chi connectivity index (χ1n) is 5.93. The second kappa shape index (κ2) is 5.58. The highest BCUT2D eigenvalue weighted by Gasteiger charge is 2.19. The van der Waals surface area contributed by atoms with E-state index >= 15 is 0 Å². The summed E-state index contributed by atoms with van der Waals surface area (Å²) in [4.78, 5) is 22.1. The number of nitrogens with zero attached hydrogens (tertiary/aromatic N) is 1. The molecule has 2 aromatic carbocycles. The van der Waals surface area contributed by atoms with Crippen molar-refractivity contribution in [1.82, 2.24) is 0 Å². The number of phenols is 1. The van der Waals surface area contributed by atoms with E-state index in [4.69, 9.17) is 0 Å². The number of aryl methyl sites for hydroxylation is 1. The fourth-order valence-corrected chi connectivity index (χ4v) is 1.77. The van der Waals surface area contributed by atoms with Crippen molar-refractivity contribution in [3.05, 3.63) is 63.5 Å². The number of nitro groups is 1. The van der Waals surface area contributed by atoms with Gasteiger partial charge < -0.3 is 10.4 Å². The van der Waals surface area contributed by atoms with Crippen molar-refractivity contribution in [2.24, 2.45) is 0 Å². The molecule has 108 valence electrons. The van der Waals surface area contributed by atoms with E-state index < -0.39 is 22.3 Å². The maximum Gasteiger partial charge on any atom is 0.296 e. The third kappa shape index (κ3) is 3.14. The fourth-order valence-electron chi connectivity index (χ4n) is 1.77. The van der Waals surface area contributed by atoms with E-state index in [0.29, 0.717) is 5.56 Å². The molecule has 0 saturated carbocycles.